The van der Waals surface area contributed by atoms with E-state index in [2.05, 4.69) is 4.98 Å². The van der Waals surface area contributed by atoms with Crippen LogP contribution in [0.25, 0.3) is 0 Å². The Morgan fingerprint density at radius 3 is 2.43 bits per heavy atom. The zero-order valence-electron chi connectivity index (χ0n) is 10.8. The number of carbonyl (C=O) groups excluding carboxylic acids is 1. The number of nitro groups is 1. The Morgan fingerprint density at radius 2 is 1.86 bits per heavy atom. The van der Waals surface area contributed by atoms with Crippen LogP contribution >= 0.6 is 0 Å². The molecule has 0 bridgehead atoms. The number of anilines is 1. The summed E-state index contributed by atoms with van der Waals surface area (Å²) in [6, 6.07) is 4.29. The maximum absolute atomic E-state index is 14.0. The lowest BCUT2D eigenvalue weighted by Gasteiger charge is -2.17. The highest BCUT2D eigenvalue weighted by atomic mass is 19.1. The number of rotatable bonds is 3. The van der Waals surface area contributed by atoms with Crippen molar-refractivity contribution in [3.63, 3.8) is 0 Å². The van der Waals surface area contributed by atoms with Crippen LogP contribution in [0.4, 0.5) is 20.2 Å². The van der Waals surface area contributed by atoms with Crippen LogP contribution in [0.2, 0.25) is 0 Å². The van der Waals surface area contributed by atoms with Gasteiger partial charge in [0, 0.05) is 31.2 Å². The highest BCUT2D eigenvalue weighted by molar-refractivity contribution is 6.06. The summed E-state index contributed by atoms with van der Waals surface area (Å²) >= 11 is 0. The lowest BCUT2D eigenvalue weighted by atomic mass is 10.1. The van der Waals surface area contributed by atoms with Gasteiger partial charge in [0.05, 0.1) is 4.92 Å². The molecule has 8 heteroatoms. The lowest BCUT2D eigenvalue weighted by Crippen LogP contribution is -2.28. The van der Waals surface area contributed by atoms with Gasteiger partial charge in [-0.3, -0.25) is 19.9 Å². The number of hydrogen-bond donors (Lipinski definition) is 0. The van der Waals surface area contributed by atoms with Crippen molar-refractivity contribution in [2.24, 2.45) is 0 Å². The molecule has 6 nitrogen and oxygen atoms in total. The van der Waals surface area contributed by atoms with E-state index in [0.29, 0.717) is 17.8 Å². The minimum Gasteiger partial charge on any atom is -0.311 e. The molecule has 0 atom stereocenters. The molecule has 0 unspecified atom stereocenters. The summed E-state index contributed by atoms with van der Waals surface area (Å²) in [4.78, 5) is 26.5. The van der Waals surface area contributed by atoms with Crippen molar-refractivity contribution in [2.45, 2.75) is 0 Å². The molecule has 1 heterocycles. The fraction of sp³-hybridized carbons (Fsp3) is 0.0769. The smallest absolute Gasteiger partial charge is 0.305 e. The van der Waals surface area contributed by atoms with Crippen molar-refractivity contribution in [1.82, 2.24) is 4.98 Å². The minimum atomic E-state index is -1.49. The molecule has 2 rings (SSSR count). The van der Waals surface area contributed by atoms with Crippen LogP contribution in [0, 0.1) is 21.7 Å². The molecule has 0 aliphatic heterocycles. The molecule has 0 N–H and O–H groups in total. The Balaban J connectivity index is 2.49. The Bertz CT molecular complexity index is 707. The number of carbonyl (C=O) groups is 1. The van der Waals surface area contributed by atoms with Crippen LogP contribution < -0.4 is 4.90 Å². The van der Waals surface area contributed by atoms with Gasteiger partial charge in [-0.2, -0.15) is 4.39 Å². The van der Waals surface area contributed by atoms with Crippen LogP contribution in [0.5, 0.6) is 0 Å². The first-order valence-electron chi connectivity index (χ1n) is 5.74. The largest absolute Gasteiger partial charge is 0.311 e. The van der Waals surface area contributed by atoms with Gasteiger partial charge < -0.3 is 4.90 Å². The fourth-order valence-electron chi connectivity index (χ4n) is 1.73. The molecule has 1 amide bonds. The predicted molar refractivity (Wildman–Crippen MR) is 70.0 cm³/mol. The van der Waals surface area contributed by atoms with Crippen molar-refractivity contribution in [2.75, 3.05) is 11.9 Å². The molecule has 108 valence electrons. The number of benzene rings is 1. The summed E-state index contributed by atoms with van der Waals surface area (Å²) in [5.41, 5.74) is -1.58. The van der Waals surface area contributed by atoms with E-state index in [0.717, 1.165) is 4.90 Å². The monoisotopic (exact) mass is 293 g/mol. The second-order valence-electron chi connectivity index (χ2n) is 4.08. The first-order valence-corrected chi connectivity index (χ1v) is 5.74. The molecule has 0 radical (unpaired) electrons. The van der Waals surface area contributed by atoms with Gasteiger partial charge in [0.1, 0.15) is 11.4 Å². The molecular weight excluding hydrogens is 284 g/mol. The zero-order chi connectivity index (χ0) is 15.6. The van der Waals surface area contributed by atoms with Crippen molar-refractivity contribution < 1.29 is 18.5 Å². The maximum atomic E-state index is 14.0. The summed E-state index contributed by atoms with van der Waals surface area (Å²) in [5.74, 6) is -3.69. The highest BCUT2D eigenvalue weighted by Gasteiger charge is 2.28. The van der Waals surface area contributed by atoms with E-state index in [4.69, 9.17) is 0 Å². The Labute approximate surface area is 117 Å². The SMILES string of the molecule is CN(C(=O)c1c(F)ccc([N+](=O)[O-])c1F)c1ccncc1. The van der Waals surface area contributed by atoms with Gasteiger partial charge in [-0.25, -0.2) is 4.39 Å². The topological polar surface area (TPSA) is 76.3 Å². The van der Waals surface area contributed by atoms with E-state index < -0.39 is 33.7 Å². The normalized spacial score (nSPS) is 10.2. The minimum absolute atomic E-state index is 0.348. The molecule has 2 aromatic rings. The number of amides is 1. The van der Waals surface area contributed by atoms with Crippen LogP contribution in [0.3, 0.4) is 0 Å². The average Bonchev–Trinajstić information content (AvgIpc) is 2.46. The van der Waals surface area contributed by atoms with Gasteiger partial charge in [0.25, 0.3) is 5.91 Å². The van der Waals surface area contributed by atoms with Crippen LogP contribution in [-0.2, 0) is 0 Å². The third-order valence-electron chi connectivity index (χ3n) is 2.84. The van der Waals surface area contributed by atoms with E-state index in [-0.39, 0.29) is 0 Å². The molecule has 0 aliphatic rings. The van der Waals surface area contributed by atoms with Crippen molar-refractivity contribution in [3.05, 3.63) is 64.0 Å². The third-order valence-corrected chi connectivity index (χ3v) is 2.84. The van der Waals surface area contributed by atoms with E-state index in [1.54, 1.807) is 0 Å². The van der Waals surface area contributed by atoms with Crippen LogP contribution in [-0.4, -0.2) is 22.9 Å². The molecule has 0 spiro atoms. The van der Waals surface area contributed by atoms with E-state index in [9.17, 15) is 23.7 Å². The van der Waals surface area contributed by atoms with Crippen LogP contribution in [0.15, 0.2) is 36.7 Å². The molecule has 1 aromatic carbocycles. The van der Waals surface area contributed by atoms with E-state index in [1.807, 2.05) is 0 Å². The summed E-state index contributed by atoms with van der Waals surface area (Å²) in [6.45, 7) is 0. The number of halogens is 2. The third kappa shape index (κ3) is 2.69. The van der Waals surface area contributed by atoms with E-state index >= 15 is 0 Å². The van der Waals surface area contributed by atoms with Gasteiger partial charge in [-0.1, -0.05) is 0 Å². The number of aromatic nitrogens is 1. The van der Waals surface area contributed by atoms with Crippen molar-refractivity contribution in [3.8, 4) is 0 Å². The molecule has 0 fully saturated rings. The predicted octanol–water partition coefficient (Wildman–Crippen LogP) is 2.54. The Kier molecular flexibility index (Phi) is 3.88. The van der Waals surface area contributed by atoms with E-state index in [1.165, 1.54) is 31.6 Å². The second kappa shape index (κ2) is 5.61. The molecular formula is C13H9F2N3O3. The maximum Gasteiger partial charge on any atom is 0.305 e. The summed E-state index contributed by atoms with van der Waals surface area (Å²) < 4.78 is 27.7. The quantitative estimate of drug-likeness (QED) is 0.643. The lowest BCUT2D eigenvalue weighted by molar-refractivity contribution is -0.387. The highest BCUT2D eigenvalue weighted by Crippen LogP contribution is 2.25. The Morgan fingerprint density at radius 1 is 1.24 bits per heavy atom. The second-order valence-corrected chi connectivity index (χ2v) is 4.08. The van der Waals surface area contributed by atoms with Gasteiger partial charge in [-0.15, -0.1) is 0 Å². The molecule has 0 aliphatic carbocycles. The molecule has 21 heavy (non-hydrogen) atoms. The van der Waals surface area contributed by atoms with Gasteiger partial charge >= 0.3 is 5.69 Å². The molecule has 0 saturated carbocycles. The molecule has 1 aromatic heterocycles. The molecule has 0 saturated heterocycles. The number of nitrogens with zero attached hydrogens (tertiary/aromatic N) is 3. The van der Waals surface area contributed by atoms with Gasteiger partial charge in [0.2, 0.25) is 5.82 Å². The average molecular weight is 293 g/mol. The van der Waals surface area contributed by atoms with Crippen molar-refractivity contribution in [1.29, 1.82) is 0 Å². The first kappa shape index (κ1) is 14.5. The standard InChI is InChI=1S/C13H9F2N3O3/c1-17(8-4-6-16-7-5-8)13(19)11-9(14)2-3-10(12(11)15)18(20)21/h2-7H,1H3. The van der Waals surface area contributed by atoms with Gasteiger partial charge in [0.15, 0.2) is 0 Å². The van der Waals surface area contributed by atoms with Gasteiger partial charge in [-0.05, 0) is 18.2 Å². The zero-order valence-corrected chi connectivity index (χ0v) is 10.8. The number of nitro benzene ring substituents is 1. The summed E-state index contributed by atoms with van der Waals surface area (Å²) in [6.07, 6.45) is 2.80. The summed E-state index contributed by atoms with van der Waals surface area (Å²) in [5, 5.41) is 10.7. The number of hydrogen-bond acceptors (Lipinski definition) is 4. The Hall–Kier alpha value is -2.90. The number of pyridine rings is 1. The van der Waals surface area contributed by atoms with Crippen molar-refractivity contribution >= 4 is 17.3 Å². The first-order chi connectivity index (χ1) is 9.93. The fourth-order valence-corrected chi connectivity index (χ4v) is 1.73. The van der Waals surface area contributed by atoms with Crippen LogP contribution in [0.1, 0.15) is 10.4 Å². The summed E-state index contributed by atoms with van der Waals surface area (Å²) in [7, 11) is 1.30.